The van der Waals surface area contributed by atoms with Gasteiger partial charge in [0.25, 0.3) is 0 Å². The van der Waals surface area contributed by atoms with Crippen molar-refractivity contribution in [2.45, 2.75) is 18.5 Å². The normalized spacial score (nSPS) is 31.2. The van der Waals surface area contributed by atoms with Crippen LogP contribution in [0.4, 0.5) is 5.69 Å². The quantitative estimate of drug-likeness (QED) is 0.591. The molecule has 2 N–H and O–H groups in total. The van der Waals surface area contributed by atoms with E-state index in [4.69, 9.17) is 4.74 Å². The molecule has 7 nitrogen and oxygen atoms in total. The number of benzene rings is 1. The van der Waals surface area contributed by atoms with Crippen molar-refractivity contribution in [2.24, 2.45) is 11.8 Å². The van der Waals surface area contributed by atoms with Crippen LogP contribution in [0.3, 0.4) is 0 Å². The highest BCUT2D eigenvalue weighted by molar-refractivity contribution is 6.08. The summed E-state index contributed by atoms with van der Waals surface area (Å²) in [6.45, 7) is 1.69. The summed E-state index contributed by atoms with van der Waals surface area (Å²) in [5, 5.41) is 1.82. The molecule has 0 radical (unpaired) electrons. The number of carbonyl (C=O) groups is 3. The Morgan fingerprint density at radius 2 is 1.80 bits per heavy atom. The highest BCUT2D eigenvalue weighted by atomic mass is 16.5. The van der Waals surface area contributed by atoms with E-state index in [2.05, 4.69) is 0 Å². The summed E-state index contributed by atoms with van der Waals surface area (Å²) in [7, 11) is 6.69. The number of anilines is 1. The number of ether oxygens (including phenoxy) is 1. The van der Waals surface area contributed by atoms with Crippen molar-refractivity contribution < 1.29 is 24.4 Å². The number of esters is 1. The van der Waals surface area contributed by atoms with Crippen LogP contribution >= 0.6 is 0 Å². The molecular formula is C18H24N3O4+. The zero-order valence-electron chi connectivity index (χ0n) is 15.1. The lowest BCUT2D eigenvalue weighted by Crippen LogP contribution is -2.97. The molecule has 25 heavy (non-hydrogen) atoms. The molecule has 2 aliphatic heterocycles. The fraction of sp³-hybridized carbons (Fsp3) is 0.500. The average Bonchev–Trinajstić information content (AvgIpc) is 3.04. The number of likely N-dealkylation sites (tertiary alicyclic amines) is 1. The Morgan fingerprint density at radius 1 is 1.20 bits per heavy atom. The number of fused-ring (bicyclic) bond motifs is 1. The van der Waals surface area contributed by atoms with Gasteiger partial charge in [-0.15, -0.1) is 0 Å². The number of nitrogens with zero attached hydrogens (tertiary/aromatic N) is 2. The topological polar surface area (TPSA) is 83.5 Å². The number of quaternary nitrogens is 1. The van der Waals surface area contributed by atoms with Gasteiger partial charge in [0.15, 0.2) is 0 Å². The van der Waals surface area contributed by atoms with Gasteiger partial charge in [0.1, 0.15) is 17.9 Å². The molecule has 1 aromatic carbocycles. The number of imide groups is 1. The monoisotopic (exact) mass is 346 g/mol. The van der Waals surface area contributed by atoms with E-state index < -0.39 is 23.3 Å². The summed E-state index contributed by atoms with van der Waals surface area (Å²) < 4.78 is 4.94. The first-order valence-corrected chi connectivity index (χ1v) is 8.25. The zero-order chi connectivity index (χ0) is 18.5. The van der Waals surface area contributed by atoms with Crippen molar-refractivity contribution >= 4 is 23.5 Å². The molecule has 0 saturated carbocycles. The summed E-state index contributed by atoms with van der Waals surface area (Å²) in [6.07, 6.45) is 0. The minimum Gasteiger partial charge on any atom is -0.464 e. The van der Waals surface area contributed by atoms with Crippen LogP contribution in [0.25, 0.3) is 0 Å². The molecule has 2 fully saturated rings. The molecule has 3 rings (SSSR count). The highest BCUT2D eigenvalue weighted by Gasteiger charge is 2.70. The number of rotatable bonds is 3. The zero-order valence-corrected chi connectivity index (χ0v) is 15.1. The van der Waals surface area contributed by atoms with Crippen molar-refractivity contribution in [3.8, 4) is 0 Å². The van der Waals surface area contributed by atoms with Crippen molar-refractivity contribution in [2.75, 3.05) is 33.2 Å². The molecule has 0 unspecified atom stereocenters. The van der Waals surface area contributed by atoms with Gasteiger partial charge in [-0.3, -0.25) is 14.5 Å². The maximum Gasteiger partial charge on any atom is 0.368 e. The summed E-state index contributed by atoms with van der Waals surface area (Å²) in [5.41, 5.74) is 0.853. The molecular weight excluding hydrogens is 322 g/mol. The maximum atomic E-state index is 12.7. The Kier molecular flexibility index (Phi) is 4.07. The van der Waals surface area contributed by atoms with E-state index in [1.807, 2.05) is 48.6 Å². The second kappa shape index (κ2) is 5.84. The number of hydrogen-bond acceptors (Lipinski definition) is 5. The molecule has 2 saturated heterocycles. The van der Waals surface area contributed by atoms with E-state index in [1.54, 1.807) is 6.92 Å². The molecule has 4 atom stereocenters. The second-order valence-corrected chi connectivity index (χ2v) is 7.19. The minimum atomic E-state index is -1.11. The van der Waals surface area contributed by atoms with E-state index in [1.165, 1.54) is 14.2 Å². The van der Waals surface area contributed by atoms with Gasteiger partial charge in [-0.2, -0.15) is 0 Å². The van der Waals surface area contributed by atoms with Crippen LogP contribution in [-0.4, -0.2) is 56.5 Å². The first-order valence-electron chi connectivity index (χ1n) is 8.25. The Bertz CT molecular complexity index is 730. The van der Waals surface area contributed by atoms with E-state index in [0.717, 1.165) is 16.2 Å². The van der Waals surface area contributed by atoms with E-state index in [9.17, 15) is 14.4 Å². The number of hydrogen-bond donors (Lipinski definition) is 1. The van der Waals surface area contributed by atoms with Crippen LogP contribution in [0, 0.1) is 11.8 Å². The Labute approximate surface area is 146 Å². The number of nitrogens with two attached hydrogens (primary N) is 1. The SMILES string of the molecule is COC(=O)[C@]1(C)[NH2+][C@@H](c2ccc(N(C)C)cc2)[C@H]2C(=O)N(C)C(=O)[C@@H]21. The van der Waals surface area contributed by atoms with Gasteiger partial charge in [-0.1, -0.05) is 12.1 Å². The van der Waals surface area contributed by atoms with E-state index in [-0.39, 0.29) is 17.9 Å². The second-order valence-electron chi connectivity index (χ2n) is 7.19. The third-order valence-electron chi connectivity index (χ3n) is 5.55. The van der Waals surface area contributed by atoms with Gasteiger partial charge in [0, 0.05) is 39.3 Å². The Morgan fingerprint density at radius 3 is 2.32 bits per heavy atom. The van der Waals surface area contributed by atoms with Crippen LogP contribution in [0.15, 0.2) is 24.3 Å². The predicted molar refractivity (Wildman–Crippen MR) is 90.6 cm³/mol. The van der Waals surface area contributed by atoms with Crippen molar-refractivity contribution in [1.29, 1.82) is 0 Å². The molecule has 0 aliphatic carbocycles. The van der Waals surface area contributed by atoms with Crippen molar-refractivity contribution in [3.05, 3.63) is 29.8 Å². The third kappa shape index (κ3) is 2.41. The third-order valence-corrected chi connectivity index (χ3v) is 5.55. The summed E-state index contributed by atoms with van der Waals surface area (Å²) in [4.78, 5) is 40.9. The van der Waals surface area contributed by atoms with Gasteiger partial charge in [-0.05, 0) is 12.1 Å². The molecule has 134 valence electrons. The van der Waals surface area contributed by atoms with Crippen LogP contribution in [-0.2, 0) is 19.1 Å². The summed E-state index contributed by atoms with van der Waals surface area (Å²) >= 11 is 0. The molecule has 0 spiro atoms. The largest absolute Gasteiger partial charge is 0.464 e. The Balaban J connectivity index is 2.04. The van der Waals surface area contributed by atoms with Crippen molar-refractivity contribution in [1.82, 2.24) is 4.90 Å². The van der Waals surface area contributed by atoms with E-state index >= 15 is 0 Å². The van der Waals surface area contributed by atoms with Crippen LogP contribution in [0.2, 0.25) is 0 Å². The van der Waals surface area contributed by atoms with Crippen LogP contribution in [0.1, 0.15) is 18.5 Å². The van der Waals surface area contributed by atoms with Gasteiger partial charge >= 0.3 is 5.97 Å². The standard InChI is InChI=1S/C18H23N3O4/c1-18(17(24)25-5)13-12(15(22)21(4)16(13)23)14(19-18)10-6-8-11(9-7-10)20(2)3/h6-9,12-14,19H,1-5H3/p+1/t12-,13+,14-,18+/m0/s1. The molecule has 2 aliphatic rings. The minimum absolute atomic E-state index is 0.236. The highest BCUT2D eigenvalue weighted by Crippen LogP contribution is 2.43. The fourth-order valence-electron chi connectivity index (χ4n) is 4.12. The molecule has 2 heterocycles. The average molecular weight is 346 g/mol. The van der Waals surface area contributed by atoms with E-state index in [0.29, 0.717) is 0 Å². The number of amides is 2. The molecule has 0 bridgehead atoms. The Hall–Kier alpha value is -2.41. The molecule has 0 aromatic heterocycles. The van der Waals surface area contributed by atoms with Crippen LogP contribution in [0.5, 0.6) is 0 Å². The lowest BCUT2D eigenvalue weighted by atomic mass is 9.80. The first-order chi connectivity index (χ1) is 11.7. The van der Waals surface area contributed by atoms with Gasteiger partial charge in [0.2, 0.25) is 17.4 Å². The summed E-state index contributed by atoms with van der Waals surface area (Å²) in [5.74, 6) is -2.30. The van der Waals surface area contributed by atoms with Gasteiger partial charge in [-0.25, -0.2) is 4.79 Å². The predicted octanol–water partition coefficient (Wildman–Crippen LogP) is -0.467. The van der Waals surface area contributed by atoms with Gasteiger partial charge in [0.05, 0.1) is 7.11 Å². The number of carbonyl (C=O) groups excluding carboxylic acids is 3. The number of methoxy groups -OCH3 is 1. The smallest absolute Gasteiger partial charge is 0.368 e. The molecule has 2 amide bonds. The molecule has 7 heteroatoms. The lowest BCUT2D eigenvalue weighted by Gasteiger charge is -2.24. The first kappa shape index (κ1) is 17.4. The maximum absolute atomic E-state index is 12.7. The van der Waals surface area contributed by atoms with Crippen LogP contribution < -0.4 is 10.2 Å². The lowest BCUT2D eigenvalue weighted by molar-refractivity contribution is -0.731. The summed E-state index contributed by atoms with van der Waals surface area (Å²) in [6, 6.07) is 7.54. The molecule has 1 aromatic rings. The van der Waals surface area contributed by atoms with Crippen molar-refractivity contribution in [3.63, 3.8) is 0 Å². The van der Waals surface area contributed by atoms with Gasteiger partial charge < -0.3 is 15.0 Å². The fourth-order valence-corrected chi connectivity index (χ4v) is 4.12.